The van der Waals surface area contributed by atoms with Crippen LogP contribution < -0.4 is 10.6 Å². The number of benzene rings is 3. The monoisotopic (exact) mass is 594 g/mol. The molecule has 3 aromatic heterocycles. The molecule has 0 fully saturated rings. The molecule has 1 aliphatic rings. The van der Waals surface area contributed by atoms with E-state index >= 15 is 0 Å². The Kier molecular flexibility index (Phi) is 7.50. The van der Waals surface area contributed by atoms with Crippen molar-refractivity contribution in [3.05, 3.63) is 102 Å². The van der Waals surface area contributed by atoms with Gasteiger partial charge < -0.3 is 19.6 Å². The Morgan fingerprint density at radius 3 is 2.51 bits per heavy atom. The number of amides is 1. The molecule has 0 aliphatic carbocycles. The first-order valence-corrected chi connectivity index (χ1v) is 14.5. The molecule has 43 heavy (non-hydrogen) atoms. The van der Waals surface area contributed by atoms with E-state index < -0.39 is 0 Å². The van der Waals surface area contributed by atoms with Gasteiger partial charge in [0.15, 0.2) is 0 Å². The molecule has 0 radical (unpaired) electrons. The van der Waals surface area contributed by atoms with E-state index in [0.717, 1.165) is 33.7 Å². The number of rotatable bonds is 4. The first-order valence-electron chi connectivity index (χ1n) is 13.6. The summed E-state index contributed by atoms with van der Waals surface area (Å²) in [6, 6.07) is 20.4. The van der Waals surface area contributed by atoms with Crippen LogP contribution in [0.25, 0.3) is 61.9 Å². The smallest absolute Gasteiger partial charge is 0.255 e. The van der Waals surface area contributed by atoms with Gasteiger partial charge in [-0.05, 0) is 60.9 Å². The lowest BCUT2D eigenvalue weighted by atomic mass is 10.00. The van der Waals surface area contributed by atoms with Crippen molar-refractivity contribution in [1.29, 1.82) is 0 Å². The van der Waals surface area contributed by atoms with Crippen molar-refractivity contribution < 1.29 is 18.0 Å². The van der Waals surface area contributed by atoms with Crippen LogP contribution in [-0.2, 0) is 6.54 Å². The summed E-state index contributed by atoms with van der Waals surface area (Å²) in [6.45, 7) is 0.596. The summed E-state index contributed by atoms with van der Waals surface area (Å²) in [5.41, 5.74) is 6.94. The molecule has 216 valence electrons. The average Bonchev–Trinajstić information content (AvgIpc) is 3.55. The van der Waals surface area contributed by atoms with Crippen LogP contribution in [0, 0.1) is 11.6 Å². The Labute approximate surface area is 252 Å². The molecule has 0 spiro atoms. The van der Waals surface area contributed by atoms with Crippen molar-refractivity contribution in [2.45, 2.75) is 6.54 Å². The lowest BCUT2D eigenvalue weighted by Crippen LogP contribution is -2.18. The predicted molar refractivity (Wildman–Crippen MR) is 173 cm³/mol. The molecule has 1 amide bonds. The fourth-order valence-electron chi connectivity index (χ4n) is 5.60. The van der Waals surface area contributed by atoms with E-state index in [1.165, 1.54) is 18.2 Å². The van der Waals surface area contributed by atoms with Crippen LogP contribution in [-0.4, -0.2) is 35.8 Å². The van der Waals surface area contributed by atoms with Crippen LogP contribution in [0.15, 0.2) is 83.3 Å². The molecule has 0 atom stereocenters. The highest BCUT2D eigenvalue weighted by Gasteiger charge is 2.25. The number of thiol groups is 1. The molecule has 6 nitrogen and oxygen atoms in total. The number of anilines is 1. The number of nitrogens with one attached hydrogen (secondary N) is 2. The maximum Gasteiger partial charge on any atom is 0.255 e. The number of halogens is 2. The van der Waals surface area contributed by atoms with Gasteiger partial charge in [-0.2, -0.15) is 12.6 Å². The Balaban J connectivity index is 0.00000161. The molecule has 4 heterocycles. The van der Waals surface area contributed by atoms with Crippen LogP contribution in [0.4, 0.5) is 14.5 Å². The molecule has 7 rings (SSSR count). The highest BCUT2D eigenvalue weighted by molar-refractivity contribution is 7.79. The Bertz CT molecular complexity index is 2040. The summed E-state index contributed by atoms with van der Waals surface area (Å²) >= 11 is 3.53. The van der Waals surface area contributed by atoms with Crippen LogP contribution >= 0.6 is 12.6 Å². The molecule has 0 bridgehead atoms. The normalized spacial score (nSPS) is 11.9. The van der Waals surface area contributed by atoms with E-state index in [1.54, 1.807) is 38.6 Å². The quantitative estimate of drug-likeness (QED) is 0.181. The van der Waals surface area contributed by atoms with Gasteiger partial charge in [0, 0.05) is 59.9 Å². The van der Waals surface area contributed by atoms with E-state index in [4.69, 9.17) is 9.40 Å². The lowest BCUT2D eigenvalue weighted by molar-refractivity contribution is 0.0964. The fourth-order valence-corrected chi connectivity index (χ4v) is 5.60. The minimum absolute atomic E-state index is 0.272. The number of allylic oxidation sites excluding steroid dienone is 1. The Hall–Kier alpha value is -4.89. The summed E-state index contributed by atoms with van der Waals surface area (Å²) in [4.78, 5) is 18.2. The molecule has 0 saturated heterocycles. The predicted octanol–water partition coefficient (Wildman–Crippen LogP) is 8.04. The van der Waals surface area contributed by atoms with Crippen molar-refractivity contribution in [1.82, 2.24) is 14.9 Å². The van der Waals surface area contributed by atoms with E-state index in [0.29, 0.717) is 45.5 Å². The van der Waals surface area contributed by atoms with E-state index in [2.05, 4.69) is 27.8 Å². The third kappa shape index (κ3) is 4.75. The van der Waals surface area contributed by atoms with E-state index in [9.17, 15) is 13.6 Å². The minimum Gasteiger partial charge on any atom is -0.455 e. The van der Waals surface area contributed by atoms with Crippen LogP contribution in [0.5, 0.6) is 0 Å². The van der Waals surface area contributed by atoms with Gasteiger partial charge in [0.25, 0.3) is 5.91 Å². The highest BCUT2D eigenvalue weighted by atomic mass is 32.1. The third-order valence-corrected chi connectivity index (χ3v) is 7.58. The van der Waals surface area contributed by atoms with Crippen LogP contribution in [0.2, 0.25) is 0 Å². The molecule has 0 saturated carbocycles. The number of aromatic nitrogens is 2. The van der Waals surface area contributed by atoms with Gasteiger partial charge in [0.2, 0.25) is 0 Å². The lowest BCUT2D eigenvalue weighted by Gasteiger charge is -2.13. The number of fused-ring (bicyclic) bond motifs is 6. The van der Waals surface area contributed by atoms with Gasteiger partial charge in [-0.1, -0.05) is 24.3 Å². The van der Waals surface area contributed by atoms with Crippen molar-refractivity contribution in [3.8, 4) is 34.0 Å². The average molecular weight is 595 g/mol. The molecule has 2 N–H and O–H groups in total. The zero-order chi connectivity index (χ0) is 30.2. The minimum atomic E-state index is -0.378. The first-order chi connectivity index (χ1) is 21.0. The van der Waals surface area contributed by atoms with Gasteiger partial charge in [0.05, 0.1) is 28.2 Å². The maximum atomic E-state index is 14.7. The molecule has 9 heteroatoms. The molecule has 1 aliphatic heterocycles. The summed E-state index contributed by atoms with van der Waals surface area (Å²) in [5, 5.41) is 7.08. The Morgan fingerprint density at radius 2 is 1.77 bits per heavy atom. The summed E-state index contributed by atoms with van der Waals surface area (Å²) in [5.74, 6) is -0.619. The topological polar surface area (TPSA) is 72.1 Å². The largest absolute Gasteiger partial charge is 0.455 e. The standard InChI is InChI=1S/C33H24F2N4O2.CH4S/c1-36-26-17-29-23(30(33(40)37-2)32(41-29)19-8-11-20(34)12-9-19)15-22(26)25-13-10-18-5-4-14-39-27-7-3-6-24(35)21(27)16-28(39)31(18)38-25;1-2/h3-13,15-17,36H,14H2,1-2H3,(H,37,40);2H,1H3. The van der Waals surface area contributed by atoms with Crippen LogP contribution in [0.1, 0.15) is 15.9 Å². The third-order valence-electron chi connectivity index (χ3n) is 7.58. The van der Waals surface area contributed by atoms with Crippen molar-refractivity contribution >= 4 is 52.2 Å². The van der Waals surface area contributed by atoms with Crippen molar-refractivity contribution in [2.24, 2.45) is 0 Å². The second-order valence-electron chi connectivity index (χ2n) is 9.89. The zero-order valence-electron chi connectivity index (χ0n) is 23.7. The zero-order valence-corrected chi connectivity index (χ0v) is 24.6. The van der Waals surface area contributed by atoms with Gasteiger partial charge in [0.1, 0.15) is 23.0 Å². The van der Waals surface area contributed by atoms with Crippen molar-refractivity contribution in [3.63, 3.8) is 0 Å². The molecule has 3 aromatic carbocycles. The van der Waals surface area contributed by atoms with Gasteiger partial charge >= 0.3 is 0 Å². The van der Waals surface area contributed by atoms with E-state index in [-0.39, 0.29) is 17.5 Å². The summed E-state index contributed by atoms with van der Waals surface area (Å²) in [6.07, 6.45) is 5.77. The van der Waals surface area contributed by atoms with E-state index in [1.807, 2.05) is 48.6 Å². The summed E-state index contributed by atoms with van der Waals surface area (Å²) in [7, 11) is 3.36. The number of carbonyl (C=O) groups excluding carboxylic acids is 1. The second-order valence-corrected chi connectivity index (χ2v) is 9.89. The number of pyridine rings is 1. The highest BCUT2D eigenvalue weighted by Crippen LogP contribution is 2.41. The number of carbonyl (C=O) groups is 1. The van der Waals surface area contributed by atoms with Gasteiger partial charge in [-0.3, -0.25) is 4.79 Å². The molecular formula is C34H28F2N4O2S. The second kappa shape index (κ2) is 11.4. The molecule has 0 unspecified atom stereocenters. The number of nitrogens with zero attached hydrogens (tertiary/aromatic N) is 2. The molecular weight excluding hydrogens is 566 g/mol. The summed E-state index contributed by atoms with van der Waals surface area (Å²) < 4.78 is 36.6. The maximum absolute atomic E-state index is 14.7. The number of furan rings is 1. The first kappa shape index (κ1) is 28.2. The van der Waals surface area contributed by atoms with Crippen LogP contribution in [0.3, 0.4) is 0 Å². The molecule has 6 aromatic rings. The Morgan fingerprint density at radius 1 is 0.977 bits per heavy atom. The van der Waals surface area contributed by atoms with Gasteiger partial charge in [-0.25, -0.2) is 13.8 Å². The van der Waals surface area contributed by atoms with Crippen molar-refractivity contribution in [2.75, 3.05) is 25.7 Å². The SMILES string of the molecule is CNC(=O)c1c(-c2ccc(F)cc2)oc2cc(NC)c(-c3ccc4c(n3)-c3cc5c(F)cccc5n3CC=C4)cc12.CS. The number of hydrogen-bond acceptors (Lipinski definition) is 5. The number of hydrogen-bond donors (Lipinski definition) is 3. The van der Waals surface area contributed by atoms with Gasteiger partial charge in [-0.15, -0.1) is 0 Å². The fraction of sp³-hybridized carbons (Fsp3) is 0.118.